The van der Waals surface area contributed by atoms with Crippen molar-refractivity contribution in [2.75, 3.05) is 65.7 Å². The minimum Gasteiger partial charge on any atom is -0.508 e. The van der Waals surface area contributed by atoms with Gasteiger partial charge < -0.3 is 38.8 Å². The summed E-state index contributed by atoms with van der Waals surface area (Å²) in [5.74, 6) is -1.58. The summed E-state index contributed by atoms with van der Waals surface area (Å²) >= 11 is 0. The minimum absolute atomic E-state index is 0.00922. The van der Waals surface area contributed by atoms with Crippen LogP contribution < -0.4 is 14.4 Å². The highest BCUT2D eigenvalue weighted by Gasteiger charge is 2.55. The summed E-state index contributed by atoms with van der Waals surface area (Å²) < 4.78 is 62.2. The molecule has 4 fully saturated rings. The van der Waals surface area contributed by atoms with Crippen molar-refractivity contribution in [3.05, 3.63) is 41.5 Å². The van der Waals surface area contributed by atoms with E-state index in [9.17, 15) is 10.2 Å². The quantitative estimate of drug-likeness (QED) is 0.180. The Bertz CT molecular complexity index is 2090. The largest absolute Gasteiger partial charge is 0.508 e. The number of hydrogen-bond acceptors (Lipinski definition) is 12. The zero-order chi connectivity index (χ0) is 38.7. The molecule has 4 aromatic rings. The molecule has 0 radical (unpaired) electrons. The number of methoxy groups -OCH3 is 3. The van der Waals surface area contributed by atoms with Crippen molar-refractivity contribution >= 4 is 27.5 Å². The van der Waals surface area contributed by atoms with E-state index in [4.69, 9.17) is 33.7 Å². The van der Waals surface area contributed by atoms with Crippen LogP contribution in [0.25, 0.3) is 32.9 Å². The van der Waals surface area contributed by atoms with Gasteiger partial charge in [0.25, 0.3) is 0 Å². The van der Waals surface area contributed by atoms with Crippen molar-refractivity contribution in [2.45, 2.75) is 88.7 Å². The maximum atomic E-state index is 17.4. The Morgan fingerprint density at radius 1 is 1.00 bits per heavy atom. The number of rotatable bonds is 10. The normalized spacial score (nSPS) is 25.9. The molecule has 2 aliphatic heterocycles. The van der Waals surface area contributed by atoms with Gasteiger partial charge in [0.2, 0.25) is 5.88 Å². The lowest BCUT2D eigenvalue weighted by Gasteiger charge is -2.56. The Morgan fingerprint density at radius 2 is 1.78 bits per heavy atom. The van der Waals surface area contributed by atoms with Gasteiger partial charge in [-0.15, -0.1) is 0 Å². The number of ether oxygens (including phenoxy) is 5. The molecule has 2 aliphatic carbocycles. The summed E-state index contributed by atoms with van der Waals surface area (Å²) in [6, 6.07) is 6.46. The fourth-order valence-electron chi connectivity index (χ4n) is 9.83. The zero-order valence-electron chi connectivity index (χ0n) is 32.3. The lowest BCUT2D eigenvalue weighted by atomic mass is 9.72. The van der Waals surface area contributed by atoms with Gasteiger partial charge in [0, 0.05) is 56.7 Å². The van der Waals surface area contributed by atoms with E-state index >= 15 is 8.78 Å². The van der Waals surface area contributed by atoms with Crippen LogP contribution in [0.4, 0.5) is 14.6 Å². The molecule has 3 atom stereocenters. The van der Waals surface area contributed by atoms with Gasteiger partial charge in [0.1, 0.15) is 39.6 Å². The zero-order valence-corrected chi connectivity index (χ0v) is 32.3. The predicted octanol–water partition coefficient (Wildman–Crippen LogP) is 6.15. The van der Waals surface area contributed by atoms with Gasteiger partial charge in [-0.3, -0.25) is 4.90 Å². The number of aromatic nitrogens is 3. The number of β-amino-alcohol motifs (C(OH)–C–C–N with tert-alkyl or cyclic N) is 1. The number of anilines is 1. The van der Waals surface area contributed by atoms with Crippen LogP contribution in [0.1, 0.15) is 64.4 Å². The maximum absolute atomic E-state index is 17.4. The molecular weight excluding hydrogens is 712 g/mol. The third kappa shape index (κ3) is 6.63. The molecule has 0 bridgehead atoms. The Hall–Kier alpha value is -3.95. The molecule has 55 heavy (non-hydrogen) atoms. The molecule has 4 heterocycles. The number of aryl methyl sites for hydroxylation is 1. The van der Waals surface area contributed by atoms with Crippen LogP contribution in [-0.4, -0.2) is 114 Å². The van der Waals surface area contributed by atoms with Gasteiger partial charge in [-0.1, -0.05) is 19.4 Å². The Balaban J connectivity index is 1.24. The monoisotopic (exact) mass is 763 g/mol. The average molecular weight is 764 g/mol. The number of halogens is 2. The molecule has 0 unspecified atom stereocenters. The number of nitrogens with zero attached hydrogens (tertiary/aromatic N) is 5. The van der Waals surface area contributed by atoms with E-state index in [-0.39, 0.29) is 64.2 Å². The minimum atomic E-state index is -1.23. The number of aromatic hydroxyl groups is 1. The molecule has 4 aliphatic rings. The number of hydrogen-bond donors (Lipinski definition) is 2. The molecule has 12 nitrogen and oxygen atoms in total. The summed E-state index contributed by atoms with van der Waals surface area (Å²) in [6.07, 6.45) is 7.08. The second-order valence-corrected chi connectivity index (χ2v) is 16.1. The fraction of sp³-hybridized carbons (Fsp3) is 0.585. The molecule has 14 heteroatoms. The standard InChI is InChI=1S/C41H51F2N5O7/c1-6-27-29(42)11-10-24-17-26(49)18-28(31(24)27)34-33(43)35-32(37(44-34)51-3)36(47-15-16-54-22-39(2,50)21-47)46-38(45-35)55-23-40-12-7-9-30(40)48(14-8-13-40)25-19-41(20-25,52-4)53-5/h10-11,17-18,25,30,49-50H,6-9,12-16,19-23H2,1-5H3/t30-,39+,40-/m1/s1. The number of piperidine rings is 1. The van der Waals surface area contributed by atoms with Crippen LogP contribution in [0.2, 0.25) is 0 Å². The van der Waals surface area contributed by atoms with Gasteiger partial charge in [-0.05, 0) is 80.1 Å². The molecular formula is C41H51F2N5O7. The van der Waals surface area contributed by atoms with Crippen molar-refractivity contribution in [1.29, 1.82) is 0 Å². The third-order valence-electron chi connectivity index (χ3n) is 12.6. The van der Waals surface area contributed by atoms with E-state index in [1.165, 1.54) is 25.3 Å². The first kappa shape index (κ1) is 37.9. The summed E-state index contributed by atoms with van der Waals surface area (Å²) in [4.78, 5) is 18.8. The molecule has 296 valence electrons. The Morgan fingerprint density at radius 3 is 2.53 bits per heavy atom. The highest BCUT2D eigenvalue weighted by Crippen LogP contribution is 2.52. The van der Waals surface area contributed by atoms with E-state index in [1.807, 2.05) is 11.8 Å². The molecule has 0 spiro atoms. The van der Waals surface area contributed by atoms with Gasteiger partial charge in [-0.25, -0.2) is 13.8 Å². The lowest BCUT2D eigenvalue weighted by Crippen LogP contribution is -2.63. The number of fused-ring (bicyclic) bond motifs is 3. The van der Waals surface area contributed by atoms with E-state index in [1.54, 1.807) is 27.2 Å². The number of benzene rings is 2. The van der Waals surface area contributed by atoms with Gasteiger partial charge >= 0.3 is 6.01 Å². The first-order valence-electron chi connectivity index (χ1n) is 19.4. The highest BCUT2D eigenvalue weighted by molar-refractivity contribution is 6.03. The molecule has 2 saturated carbocycles. The van der Waals surface area contributed by atoms with Crippen LogP contribution in [0.5, 0.6) is 17.6 Å². The van der Waals surface area contributed by atoms with Crippen molar-refractivity contribution in [3.8, 4) is 28.9 Å². The SMILES string of the molecule is CCc1c(F)ccc2cc(O)cc(-c3nc(OC)c4c(N5CCOC[C@@](C)(O)C5)nc(OC[C@]56CCC[C@H]5N(C5CC(OC)(OC)C5)CCC6)nc4c3F)c12. The summed E-state index contributed by atoms with van der Waals surface area (Å²) in [6.45, 7) is 5.73. The van der Waals surface area contributed by atoms with E-state index < -0.39 is 23.0 Å². The second-order valence-electron chi connectivity index (χ2n) is 16.1. The first-order valence-corrected chi connectivity index (χ1v) is 19.4. The average Bonchev–Trinajstić information content (AvgIpc) is 3.51. The number of likely N-dealkylation sites (tertiary alicyclic amines) is 1. The van der Waals surface area contributed by atoms with E-state index in [0.717, 1.165) is 51.5 Å². The Kier molecular flexibility index (Phi) is 10.0. The summed E-state index contributed by atoms with van der Waals surface area (Å²) in [7, 11) is 4.83. The van der Waals surface area contributed by atoms with E-state index in [2.05, 4.69) is 9.88 Å². The fourth-order valence-corrected chi connectivity index (χ4v) is 9.83. The van der Waals surface area contributed by atoms with Crippen molar-refractivity contribution in [2.24, 2.45) is 5.41 Å². The van der Waals surface area contributed by atoms with Crippen LogP contribution in [0.3, 0.4) is 0 Å². The topological polar surface area (TPSA) is 132 Å². The van der Waals surface area contributed by atoms with Crippen molar-refractivity contribution < 1.29 is 42.7 Å². The number of phenols is 1. The van der Waals surface area contributed by atoms with Crippen LogP contribution in [0, 0.1) is 17.0 Å². The molecule has 0 amide bonds. The number of aliphatic hydroxyl groups is 1. The number of pyridine rings is 1. The highest BCUT2D eigenvalue weighted by atomic mass is 19.1. The second kappa shape index (κ2) is 14.5. The van der Waals surface area contributed by atoms with Gasteiger partial charge in [0.05, 0.1) is 33.5 Å². The van der Waals surface area contributed by atoms with Crippen LogP contribution in [-0.2, 0) is 20.6 Å². The first-order chi connectivity index (χ1) is 26.4. The van der Waals surface area contributed by atoms with Crippen molar-refractivity contribution in [3.63, 3.8) is 0 Å². The molecule has 2 aromatic carbocycles. The number of phenolic OH excluding ortho intramolecular Hbond substituents is 1. The van der Waals surface area contributed by atoms with Gasteiger partial charge in [0.15, 0.2) is 11.6 Å². The summed E-state index contributed by atoms with van der Waals surface area (Å²) in [5, 5.41) is 23.2. The van der Waals surface area contributed by atoms with Crippen LogP contribution >= 0.6 is 0 Å². The molecule has 2 aromatic heterocycles. The Labute approximate surface area is 319 Å². The van der Waals surface area contributed by atoms with Gasteiger partial charge in [-0.2, -0.15) is 9.97 Å². The maximum Gasteiger partial charge on any atom is 0.319 e. The summed E-state index contributed by atoms with van der Waals surface area (Å²) in [5.41, 5.74) is -1.07. The molecule has 8 rings (SSSR count). The smallest absolute Gasteiger partial charge is 0.319 e. The molecule has 2 saturated heterocycles. The molecule has 2 N–H and O–H groups in total. The van der Waals surface area contributed by atoms with E-state index in [0.29, 0.717) is 54.6 Å². The predicted molar refractivity (Wildman–Crippen MR) is 203 cm³/mol. The third-order valence-corrected chi connectivity index (χ3v) is 12.6. The van der Waals surface area contributed by atoms with Crippen molar-refractivity contribution in [1.82, 2.24) is 19.9 Å². The lowest BCUT2D eigenvalue weighted by molar-refractivity contribution is -0.277. The van der Waals surface area contributed by atoms with Crippen LogP contribution in [0.15, 0.2) is 24.3 Å².